The topological polar surface area (TPSA) is 70.7 Å². The highest BCUT2D eigenvalue weighted by Gasteiger charge is 2.18. The van der Waals surface area contributed by atoms with Crippen LogP contribution in [-0.4, -0.2) is 43.0 Å². The van der Waals surface area contributed by atoms with Gasteiger partial charge >= 0.3 is 0 Å². The minimum Gasteiger partial charge on any atom is -0.483 e. The van der Waals surface area contributed by atoms with E-state index < -0.39 is 0 Å². The van der Waals surface area contributed by atoms with E-state index in [-0.39, 0.29) is 18.4 Å². The highest BCUT2D eigenvalue weighted by atomic mass is 16.5. The Morgan fingerprint density at radius 2 is 1.93 bits per heavy atom. The third kappa shape index (κ3) is 6.61. The number of hydrogen-bond donors (Lipinski definition) is 2. The number of likely N-dealkylation sites (tertiary alicyclic amines) is 1. The molecule has 3 rings (SSSR count). The molecule has 0 aromatic heterocycles. The van der Waals surface area contributed by atoms with Crippen molar-refractivity contribution in [2.75, 3.05) is 31.6 Å². The summed E-state index contributed by atoms with van der Waals surface area (Å²) in [5.41, 5.74) is 2.91. The van der Waals surface area contributed by atoms with Gasteiger partial charge in [-0.1, -0.05) is 35.9 Å². The van der Waals surface area contributed by atoms with Crippen molar-refractivity contribution in [3.8, 4) is 5.75 Å². The van der Waals surface area contributed by atoms with E-state index in [4.69, 9.17) is 4.74 Å². The standard InChI is InChI=1S/C23H29N3O3/c1-18-9-11-20(12-10-18)25-22(27)17-29-21-7-3-2-6-19(21)16-24-13-5-15-26-14-4-8-23(26)28/h2-3,6-7,9-12,24H,4-5,8,13-17H2,1H3,(H,25,27). The largest absolute Gasteiger partial charge is 0.483 e. The number of benzene rings is 2. The minimum atomic E-state index is -0.188. The Morgan fingerprint density at radius 3 is 2.69 bits per heavy atom. The van der Waals surface area contributed by atoms with Crippen LogP contribution in [-0.2, 0) is 16.1 Å². The maximum absolute atomic E-state index is 12.1. The quantitative estimate of drug-likeness (QED) is 0.607. The van der Waals surface area contributed by atoms with Crippen molar-refractivity contribution in [3.63, 3.8) is 0 Å². The third-order valence-corrected chi connectivity index (χ3v) is 4.94. The molecule has 1 saturated heterocycles. The van der Waals surface area contributed by atoms with Gasteiger partial charge in [-0.2, -0.15) is 0 Å². The molecule has 0 spiro atoms. The molecule has 29 heavy (non-hydrogen) atoms. The van der Waals surface area contributed by atoms with Gasteiger partial charge in [0.1, 0.15) is 5.75 Å². The lowest BCUT2D eigenvalue weighted by molar-refractivity contribution is -0.127. The Bertz CT molecular complexity index is 820. The van der Waals surface area contributed by atoms with Crippen molar-refractivity contribution in [1.82, 2.24) is 10.2 Å². The van der Waals surface area contributed by atoms with Crippen molar-refractivity contribution >= 4 is 17.5 Å². The highest BCUT2D eigenvalue weighted by Crippen LogP contribution is 2.18. The molecule has 1 aliphatic rings. The Morgan fingerprint density at radius 1 is 1.14 bits per heavy atom. The van der Waals surface area contributed by atoms with Crippen LogP contribution in [0.1, 0.15) is 30.4 Å². The molecule has 2 aromatic rings. The van der Waals surface area contributed by atoms with E-state index in [0.717, 1.165) is 49.3 Å². The van der Waals surface area contributed by atoms with Gasteiger partial charge in [-0.05, 0) is 44.5 Å². The monoisotopic (exact) mass is 395 g/mol. The average Bonchev–Trinajstić information content (AvgIpc) is 3.13. The molecule has 2 amide bonds. The SMILES string of the molecule is Cc1ccc(NC(=O)COc2ccccc2CNCCCN2CCCC2=O)cc1. The number of amides is 2. The molecule has 0 atom stereocenters. The van der Waals surface area contributed by atoms with Crippen LogP contribution in [0, 0.1) is 6.92 Å². The molecule has 0 saturated carbocycles. The second kappa shape index (κ2) is 10.6. The molecular weight excluding hydrogens is 366 g/mol. The summed E-state index contributed by atoms with van der Waals surface area (Å²) in [4.78, 5) is 25.7. The zero-order valence-corrected chi connectivity index (χ0v) is 16.9. The fraction of sp³-hybridized carbons (Fsp3) is 0.391. The second-order valence-corrected chi connectivity index (χ2v) is 7.33. The summed E-state index contributed by atoms with van der Waals surface area (Å²) in [6.45, 7) is 5.15. The number of rotatable bonds is 10. The lowest BCUT2D eigenvalue weighted by Crippen LogP contribution is -2.28. The van der Waals surface area contributed by atoms with Crippen molar-refractivity contribution < 1.29 is 14.3 Å². The molecule has 2 N–H and O–H groups in total. The fourth-order valence-corrected chi connectivity index (χ4v) is 3.33. The van der Waals surface area contributed by atoms with Crippen molar-refractivity contribution in [1.29, 1.82) is 0 Å². The number of anilines is 1. The first-order valence-electron chi connectivity index (χ1n) is 10.2. The predicted octanol–water partition coefficient (Wildman–Crippen LogP) is 3.11. The molecule has 1 aliphatic heterocycles. The summed E-state index contributed by atoms with van der Waals surface area (Å²) in [5, 5.41) is 6.23. The first kappa shape index (κ1) is 20.9. The van der Waals surface area contributed by atoms with E-state index in [1.54, 1.807) is 0 Å². The Balaban J connectivity index is 1.40. The fourth-order valence-electron chi connectivity index (χ4n) is 3.33. The molecule has 154 valence electrons. The highest BCUT2D eigenvalue weighted by molar-refractivity contribution is 5.91. The van der Waals surface area contributed by atoms with Crippen LogP contribution in [0.15, 0.2) is 48.5 Å². The molecule has 1 heterocycles. The third-order valence-electron chi connectivity index (χ3n) is 4.94. The van der Waals surface area contributed by atoms with Gasteiger partial charge in [0, 0.05) is 37.3 Å². The first-order valence-corrected chi connectivity index (χ1v) is 10.2. The number of carbonyl (C=O) groups is 2. The predicted molar refractivity (Wildman–Crippen MR) is 114 cm³/mol. The number of nitrogens with zero attached hydrogens (tertiary/aromatic N) is 1. The van der Waals surface area contributed by atoms with Crippen LogP contribution in [0.5, 0.6) is 5.75 Å². The Kier molecular flexibility index (Phi) is 7.64. The summed E-state index contributed by atoms with van der Waals surface area (Å²) < 4.78 is 5.74. The summed E-state index contributed by atoms with van der Waals surface area (Å²) in [6.07, 6.45) is 2.60. The molecule has 2 aromatic carbocycles. The van der Waals surface area contributed by atoms with Crippen molar-refractivity contribution in [2.45, 2.75) is 32.7 Å². The lowest BCUT2D eigenvalue weighted by Gasteiger charge is -2.16. The molecule has 6 nitrogen and oxygen atoms in total. The van der Waals surface area contributed by atoms with Gasteiger partial charge in [0.25, 0.3) is 5.91 Å². The summed E-state index contributed by atoms with van der Waals surface area (Å²) >= 11 is 0. The Hall–Kier alpha value is -2.86. The van der Waals surface area contributed by atoms with E-state index in [1.165, 1.54) is 0 Å². The maximum atomic E-state index is 12.1. The first-order chi connectivity index (χ1) is 14.1. The van der Waals surface area contributed by atoms with E-state index in [2.05, 4.69) is 10.6 Å². The van der Waals surface area contributed by atoms with Crippen LogP contribution >= 0.6 is 0 Å². The van der Waals surface area contributed by atoms with Crippen LogP contribution in [0.3, 0.4) is 0 Å². The molecule has 0 bridgehead atoms. The second-order valence-electron chi connectivity index (χ2n) is 7.33. The Labute approximate surface area is 172 Å². The van der Waals surface area contributed by atoms with Gasteiger partial charge in [0.05, 0.1) is 0 Å². The zero-order chi connectivity index (χ0) is 20.5. The molecule has 6 heteroatoms. The van der Waals surface area contributed by atoms with Gasteiger partial charge < -0.3 is 20.3 Å². The van der Waals surface area contributed by atoms with Gasteiger partial charge in [-0.15, -0.1) is 0 Å². The van der Waals surface area contributed by atoms with Crippen molar-refractivity contribution in [2.24, 2.45) is 0 Å². The molecule has 1 fully saturated rings. The van der Waals surface area contributed by atoms with Crippen LogP contribution < -0.4 is 15.4 Å². The number of hydrogen-bond acceptors (Lipinski definition) is 4. The smallest absolute Gasteiger partial charge is 0.262 e. The summed E-state index contributed by atoms with van der Waals surface area (Å²) in [7, 11) is 0. The lowest BCUT2D eigenvalue weighted by atomic mass is 10.2. The number of carbonyl (C=O) groups excluding carboxylic acids is 2. The average molecular weight is 396 g/mol. The number of para-hydroxylation sites is 1. The maximum Gasteiger partial charge on any atom is 0.262 e. The molecular formula is C23H29N3O3. The van der Waals surface area contributed by atoms with E-state index in [0.29, 0.717) is 18.7 Å². The van der Waals surface area contributed by atoms with Crippen LogP contribution in [0.2, 0.25) is 0 Å². The van der Waals surface area contributed by atoms with Gasteiger partial charge in [-0.3, -0.25) is 9.59 Å². The molecule has 0 unspecified atom stereocenters. The summed E-state index contributed by atoms with van der Waals surface area (Å²) in [5.74, 6) is 0.785. The number of nitrogens with one attached hydrogen (secondary N) is 2. The van der Waals surface area contributed by atoms with E-state index >= 15 is 0 Å². The normalized spacial score (nSPS) is 13.6. The molecule has 0 radical (unpaired) electrons. The van der Waals surface area contributed by atoms with Crippen molar-refractivity contribution in [3.05, 3.63) is 59.7 Å². The van der Waals surface area contributed by atoms with Crippen LogP contribution in [0.4, 0.5) is 5.69 Å². The number of aryl methyl sites for hydroxylation is 1. The van der Waals surface area contributed by atoms with E-state index in [9.17, 15) is 9.59 Å². The minimum absolute atomic E-state index is 0.0397. The molecule has 0 aliphatic carbocycles. The van der Waals surface area contributed by atoms with Gasteiger partial charge in [0.2, 0.25) is 5.91 Å². The van der Waals surface area contributed by atoms with Gasteiger partial charge in [0.15, 0.2) is 6.61 Å². The van der Waals surface area contributed by atoms with E-state index in [1.807, 2.05) is 60.4 Å². The van der Waals surface area contributed by atoms with Crippen LogP contribution in [0.25, 0.3) is 0 Å². The number of ether oxygens (including phenoxy) is 1. The zero-order valence-electron chi connectivity index (χ0n) is 16.9. The summed E-state index contributed by atoms with van der Waals surface area (Å²) in [6, 6.07) is 15.4. The van der Waals surface area contributed by atoms with Gasteiger partial charge in [-0.25, -0.2) is 0 Å².